The average Bonchev–Trinajstić information content (AvgIpc) is 2.65. The van der Waals surface area contributed by atoms with Crippen molar-refractivity contribution in [2.75, 3.05) is 47.0 Å². The molecule has 0 aliphatic carbocycles. The maximum Gasteiger partial charge on any atom is 0.191 e. The average molecular weight is 377 g/mol. The van der Waals surface area contributed by atoms with Gasteiger partial charge in [0, 0.05) is 46.9 Å². The Hall–Kier alpha value is -1.63. The lowest BCUT2D eigenvalue weighted by molar-refractivity contribution is 0.0205. The Bertz CT molecular complexity index is 592. The summed E-state index contributed by atoms with van der Waals surface area (Å²) in [6.45, 7) is 12.7. The fourth-order valence-corrected chi connectivity index (χ4v) is 3.19. The first-order valence-electron chi connectivity index (χ1n) is 9.77. The van der Waals surface area contributed by atoms with Crippen molar-refractivity contribution in [3.8, 4) is 0 Å². The van der Waals surface area contributed by atoms with Gasteiger partial charge >= 0.3 is 0 Å². The molecule has 0 bridgehead atoms. The van der Waals surface area contributed by atoms with E-state index in [1.165, 1.54) is 11.1 Å². The molecule has 0 saturated carbocycles. The summed E-state index contributed by atoms with van der Waals surface area (Å²) in [6.07, 6.45) is 0.118. The van der Waals surface area contributed by atoms with Gasteiger partial charge in [-0.15, -0.1) is 0 Å². The number of methoxy groups -OCH3 is 1. The molecule has 6 heteroatoms. The van der Waals surface area contributed by atoms with Crippen LogP contribution in [0.1, 0.15) is 31.9 Å². The van der Waals surface area contributed by atoms with E-state index in [0.29, 0.717) is 0 Å². The van der Waals surface area contributed by atoms with E-state index in [4.69, 9.17) is 9.47 Å². The Balaban J connectivity index is 1.84. The minimum atomic E-state index is 0.0778. The Kier molecular flexibility index (Phi) is 8.54. The molecule has 1 aliphatic rings. The van der Waals surface area contributed by atoms with E-state index in [0.717, 1.165) is 51.9 Å². The monoisotopic (exact) mass is 376 g/mol. The molecule has 1 aromatic rings. The summed E-state index contributed by atoms with van der Waals surface area (Å²) in [5.74, 6) is 0.792. The number of nitrogens with one attached hydrogen (secondary N) is 2. The third-order valence-corrected chi connectivity index (χ3v) is 4.89. The molecule has 1 fully saturated rings. The van der Waals surface area contributed by atoms with Gasteiger partial charge < -0.3 is 20.1 Å². The van der Waals surface area contributed by atoms with Crippen LogP contribution in [0.2, 0.25) is 0 Å². The summed E-state index contributed by atoms with van der Waals surface area (Å²) in [5, 5.41) is 6.77. The van der Waals surface area contributed by atoms with E-state index in [1.54, 1.807) is 14.2 Å². The van der Waals surface area contributed by atoms with Gasteiger partial charge in [0.1, 0.15) is 0 Å². The van der Waals surface area contributed by atoms with Gasteiger partial charge in [-0.05, 0) is 16.5 Å². The maximum absolute atomic E-state index is 5.60. The van der Waals surface area contributed by atoms with E-state index in [2.05, 4.69) is 65.6 Å². The molecule has 1 aliphatic heterocycles. The van der Waals surface area contributed by atoms with Gasteiger partial charge in [0.2, 0.25) is 0 Å². The van der Waals surface area contributed by atoms with Crippen LogP contribution in [0.3, 0.4) is 0 Å². The lowest BCUT2D eigenvalue weighted by Crippen LogP contribution is -2.45. The molecule has 152 valence electrons. The largest absolute Gasteiger partial charge is 0.379 e. The molecule has 0 amide bonds. The van der Waals surface area contributed by atoms with Gasteiger partial charge in [0.25, 0.3) is 0 Å². The lowest BCUT2D eigenvalue weighted by Gasteiger charge is -2.30. The molecule has 1 unspecified atom stereocenters. The molecule has 27 heavy (non-hydrogen) atoms. The highest BCUT2D eigenvalue weighted by molar-refractivity contribution is 5.79. The number of guanidine groups is 1. The van der Waals surface area contributed by atoms with Crippen LogP contribution in [-0.2, 0) is 22.6 Å². The second kappa shape index (κ2) is 10.6. The van der Waals surface area contributed by atoms with Crippen molar-refractivity contribution >= 4 is 5.96 Å². The number of hydrogen-bond acceptors (Lipinski definition) is 4. The second-order valence-electron chi connectivity index (χ2n) is 8.11. The summed E-state index contributed by atoms with van der Waals surface area (Å²) < 4.78 is 11.0. The van der Waals surface area contributed by atoms with Crippen molar-refractivity contribution < 1.29 is 9.47 Å². The fourth-order valence-electron chi connectivity index (χ4n) is 3.19. The standard InChI is InChI=1S/C21H36N4O2/c1-21(2,3)19(26-5)15-24-20(22-4)23-14-17-7-6-8-18(13-17)16-25-9-11-27-12-10-25/h6-8,13,19H,9-12,14-16H2,1-5H3,(H2,22,23,24). The minimum Gasteiger partial charge on any atom is -0.379 e. The lowest BCUT2D eigenvalue weighted by atomic mass is 9.89. The smallest absolute Gasteiger partial charge is 0.191 e. The number of hydrogen-bond donors (Lipinski definition) is 2. The highest BCUT2D eigenvalue weighted by Gasteiger charge is 2.24. The van der Waals surface area contributed by atoms with Gasteiger partial charge in [-0.1, -0.05) is 45.0 Å². The highest BCUT2D eigenvalue weighted by atomic mass is 16.5. The first-order chi connectivity index (χ1) is 12.9. The highest BCUT2D eigenvalue weighted by Crippen LogP contribution is 2.20. The van der Waals surface area contributed by atoms with Crippen LogP contribution < -0.4 is 10.6 Å². The minimum absolute atomic E-state index is 0.0778. The van der Waals surface area contributed by atoms with Gasteiger partial charge in [0.05, 0.1) is 19.3 Å². The van der Waals surface area contributed by atoms with Gasteiger partial charge in [-0.2, -0.15) is 0 Å². The molecule has 1 aromatic carbocycles. The number of rotatable bonds is 7. The summed E-state index contributed by atoms with van der Waals surface area (Å²) in [6, 6.07) is 8.74. The zero-order chi connectivity index (χ0) is 19.7. The topological polar surface area (TPSA) is 58.1 Å². The predicted octanol–water partition coefficient (Wildman–Crippen LogP) is 2.24. The van der Waals surface area contributed by atoms with Crippen molar-refractivity contribution in [2.45, 2.75) is 40.0 Å². The van der Waals surface area contributed by atoms with Crippen LogP contribution in [0.25, 0.3) is 0 Å². The Morgan fingerprint density at radius 3 is 2.56 bits per heavy atom. The maximum atomic E-state index is 5.60. The number of benzene rings is 1. The van der Waals surface area contributed by atoms with E-state index in [9.17, 15) is 0 Å². The zero-order valence-corrected chi connectivity index (χ0v) is 17.5. The second-order valence-corrected chi connectivity index (χ2v) is 8.11. The quantitative estimate of drug-likeness (QED) is 0.565. The first-order valence-corrected chi connectivity index (χ1v) is 9.77. The normalized spacial score (nSPS) is 17.6. The Morgan fingerprint density at radius 2 is 1.93 bits per heavy atom. The number of morpholine rings is 1. The van der Waals surface area contributed by atoms with Gasteiger partial charge in [-0.25, -0.2) is 0 Å². The van der Waals surface area contributed by atoms with Crippen LogP contribution in [0, 0.1) is 5.41 Å². The SMILES string of the molecule is CN=C(NCc1cccc(CN2CCOCC2)c1)NCC(OC)C(C)(C)C. The van der Waals surface area contributed by atoms with Gasteiger partial charge in [-0.3, -0.25) is 9.89 Å². The molecule has 2 N–H and O–H groups in total. The van der Waals surface area contributed by atoms with Crippen molar-refractivity contribution in [1.29, 1.82) is 0 Å². The molecule has 1 saturated heterocycles. The Labute approximate surface area is 164 Å². The van der Waals surface area contributed by atoms with Crippen LogP contribution in [0.15, 0.2) is 29.3 Å². The van der Waals surface area contributed by atoms with Crippen LogP contribution in [0.5, 0.6) is 0 Å². The number of ether oxygens (including phenoxy) is 2. The van der Waals surface area contributed by atoms with Crippen LogP contribution >= 0.6 is 0 Å². The molecule has 0 spiro atoms. The fraction of sp³-hybridized carbons (Fsp3) is 0.667. The molecule has 1 heterocycles. The van der Waals surface area contributed by atoms with E-state index in [-0.39, 0.29) is 11.5 Å². The summed E-state index contributed by atoms with van der Waals surface area (Å²) in [7, 11) is 3.55. The molecule has 0 aromatic heterocycles. The molecule has 1 atom stereocenters. The van der Waals surface area contributed by atoms with Gasteiger partial charge in [0.15, 0.2) is 5.96 Å². The molecule has 0 radical (unpaired) electrons. The van der Waals surface area contributed by atoms with Crippen molar-refractivity contribution in [2.24, 2.45) is 10.4 Å². The third kappa shape index (κ3) is 7.48. The van der Waals surface area contributed by atoms with Crippen LogP contribution in [-0.4, -0.2) is 64.0 Å². The van der Waals surface area contributed by atoms with Crippen molar-refractivity contribution in [3.63, 3.8) is 0 Å². The molecule has 6 nitrogen and oxygen atoms in total. The number of aliphatic imine (C=N–C) groups is 1. The predicted molar refractivity (Wildman–Crippen MR) is 111 cm³/mol. The van der Waals surface area contributed by atoms with Crippen molar-refractivity contribution in [3.05, 3.63) is 35.4 Å². The zero-order valence-electron chi connectivity index (χ0n) is 17.5. The molecular weight excluding hydrogens is 340 g/mol. The van der Waals surface area contributed by atoms with Crippen LogP contribution in [0.4, 0.5) is 0 Å². The van der Waals surface area contributed by atoms with E-state index >= 15 is 0 Å². The number of nitrogens with zero attached hydrogens (tertiary/aromatic N) is 2. The summed E-state index contributed by atoms with van der Waals surface area (Å²) in [4.78, 5) is 6.76. The third-order valence-electron chi connectivity index (χ3n) is 4.89. The molecule has 2 rings (SSSR count). The van der Waals surface area contributed by atoms with E-state index < -0.39 is 0 Å². The molecular formula is C21H36N4O2. The summed E-state index contributed by atoms with van der Waals surface area (Å²) >= 11 is 0. The summed E-state index contributed by atoms with van der Waals surface area (Å²) in [5.41, 5.74) is 2.67. The first kappa shape index (κ1) is 21.7. The van der Waals surface area contributed by atoms with E-state index in [1.807, 2.05) is 0 Å². The van der Waals surface area contributed by atoms with Crippen molar-refractivity contribution in [1.82, 2.24) is 15.5 Å². The Morgan fingerprint density at radius 1 is 1.22 bits per heavy atom.